The minimum atomic E-state index is -0.664. The first-order valence-electron chi connectivity index (χ1n) is 14.2. The van der Waals surface area contributed by atoms with E-state index in [1.807, 2.05) is 69.3 Å². The van der Waals surface area contributed by atoms with Gasteiger partial charge in [-0.2, -0.15) is 5.26 Å². The minimum Gasteiger partial charge on any atom is -0.391 e. The van der Waals surface area contributed by atoms with Crippen LogP contribution in [0.2, 0.25) is 0 Å². The van der Waals surface area contributed by atoms with Gasteiger partial charge in [0.15, 0.2) is 0 Å². The Labute approximate surface area is 258 Å². The number of carbonyl (C=O) groups is 1. The summed E-state index contributed by atoms with van der Waals surface area (Å²) < 4.78 is 5.22. The molecule has 3 N–H and O–H groups in total. The van der Waals surface area contributed by atoms with Crippen LogP contribution in [0.3, 0.4) is 0 Å². The number of ether oxygens (including phenoxy) is 1. The number of amides is 1. The van der Waals surface area contributed by atoms with Crippen LogP contribution in [0, 0.1) is 18.3 Å². The number of rotatable bonds is 9. The second-order valence-corrected chi connectivity index (χ2v) is 12.0. The first kappa shape index (κ1) is 31.8. The SMILES string of the molecule is C=C/N=C1/C=CC(N2CCN(CCOC)CC2)=N/C1=C(/N)Sc1cc(C(=O)Nc2cccc(C(C)(C)C#N)c2)ccc1C. The largest absolute Gasteiger partial charge is 0.391 e. The molecule has 0 atom stereocenters. The Bertz CT molecular complexity index is 1530. The van der Waals surface area contributed by atoms with Crippen molar-refractivity contribution in [1.29, 1.82) is 5.26 Å². The fourth-order valence-corrected chi connectivity index (χ4v) is 5.59. The molecule has 1 amide bonds. The lowest BCUT2D eigenvalue weighted by Crippen LogP contribution is -2.49. The number of piperazine rings is 1. The van der Waals surface area contributed by atoms with Gasteiger partial charge >= 0.3 is 0 Å². The molecule has 0 saturated carbocycles. The summed E-state index contributed by atoms with van der Waals surface area (Å²) in [5, 5.41) is 12.9. The summed E-state index contributed by atoms with van der Waals surface area (Å²) in [6.07, 6.45) is 5.37. The molecule has 2 aromatic rings. The van der Waals surface area contributed by atoms with E-state index in [1.165, 1.54) is 18.0 Å². The summed E-state index contributed by atoms with van der Waals surface area (Å²) >= 11 is 1.36. The van der Waals surface area contributed by atoms with Crippen molar-refractivity contribution in [2.24, 2.45) is 15.7 Å². The average molecular weight is 598 g/mol. The van der Waals surface area contributed by atoms with Crippen molar-refractivity contribution in [3.05, 3.63) is 94.8 Å². The Kier molecular flexibility index (Phi) is 10.6. The molecule has 0 unspecified atom stereocenters. The molecule has 2 aliphatic rings. The van der Waals surface area contributed by atoms with E-state index in [-0.39, 0.29) is 5.91 Å². The van der Waals surface area contributed by atoms with Crippen LogP contribution in [-0.2, 0) is 10.2 Å². The highest BCUT2D eigenvalue weighted by Crippen LogP contribution is 2.32. The maximum absolute atomic E-state index is 13.2. The molecule has 224 valence electrons. The number of amidine groups is 1. The maximum Gasteiger partial charge on any atom is 0.255 e. The van der Waals surface area contributed by atoms with Crippen LogP contribution in [0.4, 0.5) is 5.69 Å². The number of allylic oxidation sites excluding steroid dienone is 1. The summed E-state index contributed by atoms with van der Waals surface area (Å²) in [6, 6.07) is 15.2. The quantitative estimate of drug-likeness (QED) is 0.387. The number of carbonyl (C=O) groups excluding carboxylic acids is 1. The van der Waals surface area contributed by atoms with Crippen molar-refractivity contribution < 1.29 is 9.53 Å². The van der Waals surface area contributed by atoms with E-state index >= 15 is 0 Å². The third-order valence-electron chi connectivity index (χ3n) is 7.42. The minimum absolute atomic E-state index is 0.251. The molecule has 1 saturated heterocycles. The zero-order valence-electron chi connectivity index (χ0n) is 25.3. The summed E-state index contributed by atoms with van der Waals surface area (Å²) in [5.74, 6) is 0.596. The number of aryl methyl sites for hydroxylation is 1. The molecule has 1 fully saturated rings. The van der Waals surface area contributed by atoms with Crippen molar-refractivity contribution >= 4 is 34.9 Å². The molecule has 9 nitrogen and oxygen atoms in total. The Morgan fingerprint density at radius 2 is 2.00 bits per heavy atom. The zero-order valence-corrected chi connectivity index (χ0v) is 26.1. The van der Waals surface area contributed by atoms with Gasteiger partial charge in [0.25, 0.3) is 5.91 Å². The van der Waals surface area contributed by atoms with Gasteiger partial charge < -0.3 is 20.7 Å². The van der Waals surface area contributed by atoms with Gasteiger partial charge in [-0.3, -0.25) is 14.7 Å². The average Bonchev–Trinajstić information content (AvgIpc) is 3.01. The van der Waals surface area contributed by atoms with Crippen LogP contribution in [0.5, 0.6) is 0 Å². The predicted octanol–water partition coefficient (Wildman–Crippen LogP) is 5.09. The number of anilines is 1. The number of hydrogen-bond donors (Lipinski definition) is 2. The van der Waals surface area contributed by atoms with Crippen molar-refractivity contribution in [2.45, 2.75) is 31.1 Å². The number of benzene rings is 2. The topological polar surface area (TPSA) is 119 Å². The summed E-state index contributed by atoms with van der Waals surface area (Å²) in [6.45, 7) is 14.6. The smallest absolute Gasteiger partial charge is 0.255 e. The Balaban J connectivity index is 1.54. The fourth-order valence-electron chi connectivity index (χ4n) is 4.69. The van der Waals surface area contributed by atoms with E-state index in [0.29, 0.717) is 27.7 Å². The molecule has 0 radical (unpaired) electrons. The number of aliphatic imine (C=N–C) groups is 2. The van der Waals surface area contributed by atoms with Gasteiger partial charge in [-0.1, -0.05) is 36.5 Å². The second-order valence-electron chi connectivity index (χ2n) is 10.9. The van der Waals surface area contributed by atoms with Gasteiger partial charge in [0, 0.05) is 62.2 Å². The molecule has 10 heteroatoms. The van der Waals surface area contributed by atoms with Crippen molar-refractivity contribution in [2.75, 3.05) is 51.8 Å². The molecule has 0 bridgehead atoms. The van der Waals surface area contributed by atoms with Gasteiger partial charge in [-0.25, -0.2) is 4.99 Å². The van der Waals surface area contributed by atoms with Gasteiger partial charge in [-0.15, -0.1) is 0 Å². The van der Waals surface area contributed by atoms with Crippen LogP contribution in [0.1, 0.15) is 35.3 Å². The van der Waals surface area contributed by atoms with E-state index in [4.69, 9.17) is 15.5 Å². The van der Waals surface area contributed by atoms with Gasteiger partial charge in [0.2, 0.25) is 0 Å². The normalized spacial score (nSPS) is 17.8. The van der Waals surface area contributed by atoms with Crippen molar-refractivity contribution in [3.63, 3.8) is 0 Å². The Morgan fingerprint density at radius 1 is 1.23 bits per heavy atom. The van der Waals surface area contributed by atoms with Crippen LogP contribution in [0.25, 0.3) is 0 Å². The third-order valence-corrected chi connectivity index (χ3v) is 8.50. The molecule has 0 aliphatic carbocycles. The molecule has 0 spiro atoms. The van der Waals surface area contributed by atoms with Crippen molar-refractivity contribution in [1.82, 2.24) is 9.80 Å². The fraction of sp³-hybridized carbons (Fsp3) is 0.333. The molecular formula is C33H39N7O2S. The maximum atomic E-state index is 13.2. The molecule has 0 aromatic heterocycles. The lowest BCUT2D eigenvalue weighted by molar-refractivity contribution is 0.102. The molecule has 4 rings (SSSR count). The highest BCUT2D eigenvalue weighted by atomic mass is 32.2. The first-order chi connectivity index (χ1) is 20.6. The Morgan fingerprint density at radius 3 is 2.70 bits per heavy atom. The van der Waals surface area contributed by atoms with Crippen molar-refractivity contribution in [3.8, 4) is 6.07 Å². The van der Waals surface area contributed by atoms with Crippen LogP contribution in [0.15, 0.2) is 93.0 Å². The highest BCUT2D eigenvalue weighted by Gasteiger charge is 2.23. The van der Waals surface area contributed by atoms with Crippen LogP contribution < -0.4 is 11.1 Å². The lowest BCUT2D eigenvalue weighted by atomic mass is 9.86. The van der Waals surface area contributed by atoms with E-state index in [0.717, 1.165) is 61.2 Å². The van der Waals surface area contributed by atoms with Crippen LogP contribution in [-0.4, -0.2) is 73.7 Å². The number of thioether (sulfide) groups is 1. The first-order valence-corrected chi connectivity index (χ1v) is 15.0. The molecule has 2 heterocycles. The highest BCUT2D eigenvalue weighted by molar-refractivity contribution is 8.03. The number of hydrogen-bond acceptors (Lipinski definition) is 9. The van der Waals surface area contributed by atoms with Crippen LogP contribution >= 0.6 is 11.8 Å². The summed E-state index contributed by atoms with van der Waals surface area (Å²) in [4.78, 5) is 28.0. The number of nitriles is 1. The van der Waals surface area contributed by atoms with Gasteiger partial charge in [-0.05, 0) is 68.3 Å². The Hall–Kier alpha value is -4.17. The van der Waals surface area contributed by atoms with E-state index in [2.05, 4.69) is 32.8 Å². The lowest BCUT2D eigenvalue weighted by Gasteiger charge is -2.36. The van der Waals surface area contributed by atoms with Gasteiger partial charge in [0.05, 0.1) is 28.8 Å². The molecule has 43 heavy (non-hydrogen) atoms. The third kappa shape index (κ3) is 8.02. The zero-order chi connectivity index (χ0) is 31.0. The molecule has 2 aromatic carbocycles. The van der Waals surface area contributed by atoms with Gasteiger partial charge in [0.1, 0.15) is 11.5 Å². The second kappa shape index (κ2) is 14.3. The number of nitrogens with one attached hydrogen (secondary N) is 1. The molecular weight excluding hydrogens is 558 g/mol. The number of dihydropyridines is 1. The predicted molar refractivity (Wildman–Crippen MR) is 175 cm³/mol. The van der Waals surface area contributed by atoms with E-state index < -0.39 is 5.41 Å². The standard InChI is InChI=1S/C33H39N7O2S/c1-6-36-27-12-13-29(40-16-14-39(15-17-40)18-19-42-5)38-30(27)31(35)43-28-20-24(11-10-23(28)2)32(41)37-26-9-7-8-25(21-26)33(3,4)22-34/h6-13,20-21H,1,14-19,35H2,2-5H3,(H,37,41)/b31-30-,36-27-. The summed E-state index contributed by atoms with van der Waals surface area (Å²) in [7, 11) is 1.72. The van der Waals surface area contributed by atoms with E-state index in [1.54, 1.807) is 13.2 Å². The van der Waals surface area contributed by atoms with E-state index in [9.17, 15) is 10.1 Å². The number of methoxy groups -OCH3 is 1. The number of nitrogens with zero attached hydrogens (tertiary/aromatic N) is 5. The monoisotopic (exact) mass is 597 g/mol. The molecule has 2 aliphatic heterocycles. The summed E-state index contributed by atoms with van der Waals surface area (Å²) in [5.41, 5.74) is 10.2. The number of nitrogens with two attached hydrogens (primary N) is 1.